The molecule has 0 aliphatic rings. The van der Waals surface area contributed by atoms with Gasteiger partial charge in [-0.2, -0.15) is 0 Å². The van der Waals surface area contributed by atoms with Crippen LogP contribution in [0.1, 0.15) is 10.4 Å². The van der Waals surface area contributed by atoms with Crippen molar-refractivity contribution < 1.29 is 9.72 Å². The summed E-state index contributed by atoms with van der Waals surface area (Å²) in [4.78, 5) is 27.4. The van der Waals surface area contributed by atoms with Crippen LogP contribution in [0, 0.1) is 10.1 Å². The highest BCUT2D eigenvalue weighted by Gasteiger charge is 2.12. The van der Waals surface area contributed by atoms with Gasteiger partial charge < -0.3 is 5.32 Å². The van der Waals surface area contributed by atoms with Crippen LogP contribution < -0.4 is 5.32 Å². The number of hydrogen-bond acceptors (Lipinski definition) is 5. The fraction of sp³-hybridized carbons (Fsp3) is 0. The van der Waals surface area contributed by atoms with Crippen LogP contribution in [0.25, 0.3) is 21.8 Å². The Bertz CT molecular complexity index is 1170. The van der Waals surface area contributed by atoms with Crippen LogP contribution in [-0.2, 0) is 0 Å². The minimum Gasteiger partial charge on any atom is -0.322 e. The van der Waals surface area contributed by atoms with E-state index in [2.05, 4.69) is 10.3 Å². The number of rotatable bonds is 5. The summed E-state index contributed by atoms with van der Waals surface area (Å²) >= 11 is 1.58. The topological polar surface area (TPSA) is 85.1 Å². The summed E-state index contributed by atoms with van der Waals surface area (Å²) in [6.07, 6.45) is 0. The largest absolute Gasteiger partial charge is 0.322 e. The summed E-state index contributed by atoms with van der Waals surface area (Å²) < 4.78 is 0. The summed E-state index contributed by atoms with van der Waals surface area (Å²) in [5.41, 5.74) is 3.59. The number of aromatic nitrogens is 1. The van der Waals surface area contributed by atoms with E-state index < -0.39 is 10.8 Å². The second-order valence-corrected chi connectivity index (χ2v) is 7.10. The molecule has 0 bridgehead atoms. The van der Waals surface area contributed by atoms with Crippen molar-refractivity contribution in [3.05, 3.63) is 99.9 Å². The molecule has 1 heterocycles. The standard InChI is InChI=1S/C22H15N3O3S/c26-21(17-7-4-8-19(13-17)25(27)28)23-18-11-9-15(10-12-18)20-14-29-22(24-20)16-5-2-1-3-6-16/h1-14H,(H,23,26). The summed E-state index contributed by atoms with van der Waals surface area (Å²) in [5, 5.41) is 16.6. The molecule has 1 amide bonds. The fourth-order valence-electron chi connectivity index (χ4n) is 2.81. The zero-order chi connectivity index (χ0) is 20.2. The average Bonchev–Trinajstić information content (AvgIpc) is 3.25. The van der Waals surface area contributed by atoms with Gasteiger partial charge in [0.2, 0.25) is 0 Å². The molecule has 0 atom stereocenters. The van der Waals surface area contributed by atoms with E-state index in [1.54, 1.807) is 23.5 Å². The van der Waals surface area contributed by atoms with Gasteiger partial charge in [-0.15, -0.1) is 11.3 Å². The van der Waals surface area contributed by atoms with E-state index >= 15 is 0 Å². The number of carbonyl (C=O) groups excluding carboxylic acids is 1. The first-order valence-corrected chi connectivity index (χ1v) is 9.65. The van der Waals surface area contributed by atoms with E-state index in [-0.39, 0.29) is 11.3 Å². The Kier molecular flexibility index (Phi) is 5.13. The van der Waals surface area contributed by atoms with Crippen LogP contribution in [0.2, 0.25) is 0 Å². The monoisotopic (exact) mass is 401 g/mol. The number of anilines is 1. The maximum Gasteiger partial charge on any atom is 0.270 e. The van der Waals surface area contributed by atoms with Gasteiger partial charge in [0.25, 0.3) is 11.6 Å². The van der Waals surface area contributed by atoms with E-state index in [4.69, 9.17) is 0 Å². The third-order valence-electron chi connectivity index (χ3n) is 4.28. The molecule has 3 aromatic carbocycles. The number of hydrogen-bond donors (Lipinski definition) is 1. The normalized spacial score (nSPS) is 10.5. The SMILES string of the molecule is O=C(Nc1ccc(-c2csc(-c3ccccc3)n2)cc1)c1cccc([N+](=O)[O-])c1. The maximum absolute atomic E-state index is 12.4. The number of thiazole rings is 1. The molecule has 142 valence electrons. The number of nitrogens with one attached hydrogen (secondary N) is 1. The zero-order valence-electron chi connectivity index (χ0n) is 15.1. The molecular weight excluding hydrogens is 386 g/mol. The van der Waals surface area contributed by atoms with Gasteiger partial charge in [-0.25, -0.2) is 4.98 Å². The lowest BCUT2D eigenvalue weighted by molar-refractivity contribution is -0.384. The van der Waals surface area contributed by atoms with Crippen LogP contribution in [0.5, 0.6) is 0 Å². The first-order valence-electron chi connectivity index (χ1n) is 8.77. The highest BCUT2D eigenvalue weighted by Crippen LogP contribution is 2.29. The van der Waals surface area contributed by atoms with Crippen molar-refractivity contribution in [2.45, 2.75) is 0 Å². The molecule has 0 aliphatic carbocycles. The summed E-state index contributed by atoms with van der Waals surface area (Å²) in [6.45, 7) is 0. The van der Waals surface area contributed by atoms with E-state index in [1.165, 1.54) is 24.3 Å². The number of non-ortho nitro benzene ring substituents is 1. The molecule has 0 saturated heterocycles. The fourth-order valence-corrected chi connectivity index (χ4v) is 3.64. The van der Waals surface area contributed by atoms with Crippen LogP contribution in [0.3, 0.4) is 0 Å². The van der Waals surface area contributed by atoms with Gasteiger partial charge in [-0.05, 0) is 18.2 Å². The second-order valence-electron chi connectivity index (χ2n) is 6.24. The van der Waals surface area contributed by atoms with Crippen molar-refractivity contribution >= 4 is 28.6 Å². The molecular formula is C22H15N3O3S. The molecule has 4 aromatic rings. The quantitative estimate of drug-likeness (QED) is 0.346. The maximum atomic E-state index is 12.4. The first kappa shape index (κ1) is 18.5. The van der Waals surface area contributed by atoms with E-state index in [0.717, 1.165) is 21.8 Å². The van der Waals surface area contributed by atoms with Crippen LogP contribution in [0.4, 0.5) is 11.4 Å². The Morgan fingerprint density at radius 3 is 2.41 bits per heavy atom. The van der Waals surface area contributed by atoms with E-state index in [1.807, 2.05) is 47.8 Å². The van der Waals surface area contributed by atoms with Crippen molar-refractivity contribution in [3.8, 4) is 21.8 Å². The molecule has 4 rings (SSSR count). The van der Waals surface area contributed by atoms with Crippen LogP contribution in [-0.4, -0.2) is 15.8 Å². The molecule has 1 N–H and O–H groups in total. The molecule has 1 aromatic heterocycles. The Balaban J connectivity index is 1.48. The molecule has 6 nitrogen and oxygen atoms in total. The summed E-state index contributed by atoms with van der Waals surface area (Å²) in [5.74, 6) is -0.401. The average molecular weight is 401 g/mol. The Morgan fingerprint density at radius 2 is 1.69 bits per heavy atom. The zero-order valence-corrected chi connectivity index (χ0v) is 15.9. The predicted octanol–water partition coefficient (Wildman–Crippen LogP) is 5.64. The predicted molar refractivity (Wildman–Crippen MR) is 114 cm³/mol. The van der Waals surface area contributed by atoms with Crippen molar-refractivity contribution in [2.24, 2.45) is 0 Å². The lowest BCUT2D eigenvalue weighted by Crippen LogP contribution is -2.11. The number of nitrogens with zero attached hydrogens (tertiary/aromatic N) is 2. The third-order valence-corrected chi connectivity index (χ3v) is 5.17. The van der Waals surface area contributed by atoms with E-state index in [0.29, 0.717) is 5.69 Å². The minimum absolute atomic E-state index is 0.120. The lowest BCUT2D eigenvalue weighted by atomic mass is 10.1. The number of nitro groups is 1. The molecule has 0 aliphatic heterocycles. The van der Waals surface area contributed by atoms with Gasteiger partial charge in [0.05, 0.1) is 10.6 Å². The Labute approximate surface area is 170 Å². The Morgan fingerprint density at radius 1 is 0.931 bits per heavy atom. The van der Waals surface area contributed by atoms with Gasteiger partial charge in [-0.3, -0.25) is 14.9 Å². The molecule has 0 fully saturated rings. The van der Waals surface area contributed by atoms with Crippen molar-refractivity contribution in [3.63, 3.8) is 0 Å². The number of carbonyl (C=O) groups is 1. The van der Waals surface area contributed by atoms with Crippen molar-refractivity contribution in [2.75, 3.05) is 5.32 Å². The van der Waals surface area contributed by atoms with Crippen molar-refractivity contribution in [1.82, 2.24) is 4.98 Å². The van der Waals surface area contributed by atoms with Crippen LogP contribution >= 0.6 is 11.3 Å². The number of benzene rings is 3. The second kappa shape index (κ2) is 8.04. The van der Waals surface area contributed by atoms with Gasteiger partial charge in [-0.1, -0.05) is 48.5 Å². The first-order chi connectivity index (χ1) is 14.1. The molecule has 0 radical (unpaired) electrons. The number of nitro benzene ring substituents is 1. The lowest BCUT2D eigenvalue weighted by Gasteiger charge is -2.06. The molecule has 29 heavy (non-hydrogen) atoms. The molecule has 7 heteroatoms. The minimum atomic E-state index is -0.525. The van der Waals surface area contributed by atoms with Crippen molar-refractivity contribution in [1.29, 1.82) is 0 Å². The highest BCUT2D eigenvalue weighted by molar-refractivity contribution is 7.13. The van der Waals surface area contributed by atoms with Gasteiger partial charge in [0.1, 0.15) is 5.01 Å². The van der Waals surface area contributed by atoms with Gasteiger partial charge in [0.15, 0.2) is 0 Å². The summed E-state index contributed by atoms with van der Waals surface area (Å²) in [7, 11) is 0. The molecule has 0 unspecified atom stereocenters. The van der Waals surface area contributed by atoms with Gasteiger partial charge >= 0.3 is 0 Å². The third kappa shape index (κ3) is 4.20. The van der Waals surface area contributed by atoms with Gasteiger partial charge in [0, 0.05) is 39.9 Å². The smallest absolute Gasteiger partial charge is 0.270 e. The van der Waals surface area contributed by atoms with Crippen LogP contribution in [0.15, 0.2) is 84.2 Å². The van der Waals surface area contributed by atoms with E-state index in [9.17, 15) is 14.9 Å². The molecule has 0 saturated carbocycles. The Hall–Kier alpha value is -3.84. The molecule has 0 spiro atoms. The highest BCUT2D eigenvalue weighted by atomic mass is 32.1. The number of amides is 1. The summed E-state index contributed by atoms with van der Waals surface area (Å²) in [6, 6.07) is 22.9.